The van der Waals surface area contributed by atoms with E-state index in [1.807, 2.05) is 39.7 Å². The Labute approximate surface area is 133 Å². The lowest BCUT2D eigenvalue weighted by atomic mass is 9.90. The van der Waals surface area contributed by atoms with Crippen LogP contribution in [0.2, 0.25) is 0 Å². The van der Waals surface area contributed by atoms with Crippen LogP contribution in [0.1, 0.15) is 40.5 Å². The van der Waals surface area contributed by atoms with E-state index in [4.69, 9.17) is 14.4 Å². The average Bonchev–Trinajstić information content (AvgIpc) is 2.57. The van der Waals surface area contributed by atoms with E-state index in [9.17, 15) is 4.79 Å². The normalized spacial score (nSPS) is 28.2. The molecule has 1 unspecified atom stereocenters. The summed E-state index contributed by atoms with van der Waals surface area (Å²) >= 11 is 0. The third kappa shape index (κ3) is 4.24. The molecular formula is C15H27BN2O4. The molecule has 2 N–H and O–H groups in total. The maximum atomic E-state index is 10.7. The largest absolute Gasteiger partial charge is 0.486 e. The molecule has 0 aromatic rings. The SMILES string of the molecule is CC1(C)OB(/C=C/CN2CCCC(NC(=O)O)C2)OC1(C)C. The number of hydrogen-bond donors (Lipinski definition) is 2. The molecule has 0 bridgehead atoms. The van der Waals surface area contributed by atoms with Gasteiger partial charge in [0.2, 0.25) is 0 Å². The number of carboxylic acid groups (broad SMARTS) is 1. The lowest BCUT2D eigenvalue weighted by molar-refractivity contribution is 0.00578. The molecule has 124 valence electrons. The number of likely N-dealkylation sites (tertiary alicyclic amines) is 1. The Morgan fingerprint density at radius 3 is 2.59 bits per heavy atom. The highest BCUT2D eigenvalue weighted by atomic mass is 16.7. The molecule has 0 saturated carbocycles. The molecule has 2 heterocycles. The first-order valence-corrected chi connectivity index (χ1v) is 7.94. The first-order chi connectivity index (χ1) is 10.2. The van der Waals surface area contributed by atoms with E-state index >= 15 is 0 Å². The Morgan fingerprint density at radius 1 is 1.36 bits per heavy atom. The number of carbonyl (C=O) groups is 1. The summed E-state index contributed by atoms with van der Waals surface area (Å²) < 4.78 is 11.8. The van der Waals surface area contributed by atoms with Crippen molar-refractivity contribution in [2.75, 3.05) is 19.6 Å². The minimum atomic E-state index is -0.945. The summed E-state index contributed by atoms with van der Waals surface area (Å²) in [6.07, 6.45) is 3.02. The third-order valence-corrected chi connectivity index (χ3v) is 4.76. The molecule has 0 spiro atoms. The average molecular weight is 310 g/mol. The lowest BCUT2D eigenvalue weighted by Crippen LogP contribution is -2.47. The zero-order chi connectivity index (χ0) is 16.4. The van der Waals surface area contributed by atoms with Crippen molar-refractivity contribution in [2.45, 2.75) is 57.8 Å². The summed E-state index contributed by atoms with van der Waals surface area (Å²) in [5.41, 5.74) is -0.632. The molecule has 0 radical (unpaired) electrons. The van der Waals surface area contributed by atoms with Crippen LogP contribution in [0.3, 0.4) is 0 Å². The second-order valence-electron chi connectivity index (χ2n) is 7.10. The summed E-state index contributed by atoms with van der Waals surface area (Å²) in [5, 5.41) is 11.4. The summed E-state index contributed by atoms with van der Waals surface area (Å²) in [7, 11) is -0.317. The fraction of sp³-hybridized carbons (Fsp3) is 0.800. The van der Waals surface area contributed by atoms with Gasteiger partial charge in [0.25, 0.3) is 0 Å². The van der Waals surface area contributed by atoms with E-state index < -0.39 is 6.09 Å². The van der Waals surface area contributed by atoms with Gasteiger partial charge in [-0.25, -0.2) is 4.79 Å². The minimum absolute atomic E-state index is 0.0245. The van der Waals surface area contributed by atoms with Crippen molar-refractivity contribution < 1.29 is 19.2 Å². The van der Waals surface area contributed by atoms with Crippen LogP contribution in [-0.4, -0.2) is 60.1 Å². The number of nitrogens with one attached hydrogen (secondary N) is 1. The zero-order valence-corrected chi connectivity index (χ0v) is 14.0. The van der Waals surface area contributed by atoms with Crippen molar-refractivity contribution in [1.29, 1.82) is 0 Å². The number of hydrogen-bond acceptors (Lipinski definition) is 4. The Hall–Kier alpha value is -1.05. The molecule has 0 aliphatic carbocycles. The molecule has 1 amide bonds. The van der Waals surface area contributed by atoms with Crippen molar-refractivity contribution in [3.05, 3.63) is 12.1 Å². The van der Waals surface area contributed by atoms with Crippen LogP contribution in [0.4, 0.5) is 4.79 Å². The fourth-order valence-electron chi connectivity index (χ4n) is 2.80. The predicted molar refractivity (Wildman–Crippen MR) is 85.8 cm³/mol. The lowest BCUT2D eigenvalue weighted by Gasteiger charge is -2.32. The van der Waals surface area contributed by atoms with Crippen LogP contribution in [0.25, 0.3) is 0 Å². The van der Waals surface area contributed by atoms with Crippen molar-refractivity contribution in [2.24, 2.45) is 0 Å². The van der Waals surface area contributed by atoms with Crippen molar-refractivity contribution in [1.82, 2.24) is 10.2 Å². The summed E-state index contributed by atoms with van der Waals surface area (Å²) in [6.45, 7) is 10.7. The maximum Gasteiger partial charge on any atom is 0.486 e. The highest BCUT2D eigenvalue weighted by Gasteiger charge is 2.49. The van der Waals surface area contributed by atoms with Gasteiger partial charge in [0.05, 0.1) is 11.2 Å². The summed E-state index contributed by atoms with van der Waals surface area (Å²) in [5.74, 6) is 1.95. The number of piperidine rings is 1. The van der Waals surface area contributed by atoms with Gasteiger partial charge in [-0.05, 0) is 47.1 Å². The van der Waals surface area contributed by atoms with Gasteiger partial charge in [-0.3, -0.25) is 4.90 Å². The summed E-state index contributed by atoms with van der Waals surface area (Å²) in [6, 6.07) is 0.0245. The van der Waals surface area contributed by atoms with Crippen molar-refractivity contribution >= 4 is 13.2 Å². The topological polar surface area (TPSA) is 71.0 Å². The van der Waals surface area contributed by atoms with Gasteiger partial charge in [-0.15, -0.1) is 0 Å². The molecule has 22 heavy (non-hydrogen) atoms. The molecule has 6 nitrogen and oxygen atoms in total. The van der Waals surface area contributed by atoms with Gasteiger partial charge >= 0.3 is 13.2 Å². The van der Waals surface area contributed by atoms with Gasteiger partial charge in [0.1, 0.15) is 0 Å². The van der Waals surface area contributed by atoms with E-state index in [2.05, 4.69) is 10.2 Å². The van der Waals surface area contributed by atoms with Crippen LogP contribution in [0.5, 0.6) is 0 Å². The molecule has 0 aromatic carbocycles. The van der Waals surface area contributed by atoms with Gasteiger partial charge in [0, 0.05) is 19.1 Å². The molecule has 0 aromatic heterocycles. The van der Waals surface area contributed by atoms with E-state index in [-0.39, 0.29) is 24.4 Å². The van der Waals surface area contributed by atoms with Crippen LogP contribution >= 0.6 is 0 Å². The second kappa shape index (κ2) is 6.60. The molecule has 2 saturated heterocycles. The van der Waals surface area contributed by atoms with Crippen LogP contribution in [-0.2, 0) is 9.31 Å². The van der Waals surface area contributed by atoms with Crippen molar-refractivity contribution in [3.8, 4) is 0 Å². The number of nitrogens with zero attached hydrogens (tertiary/aromatic N) is 1. The molecule has 2 fully saturated rings. The van der Waals surface area contributed by atoms with Crippen LogP contribution in [0.15, 0.2) is 12.1 Å². The Morgan fingerprint density at radius 2 is 2.00 bits per heavy atom. The zero-order valence-electron chi connectivity index (χ0n) is 14.0. The van der Waals surface area contributed by atoms with Crippen LogP contribution < -0.4 is 5.32 Å². The fourth-order valence-corrected chi connectivity index (χ4v) is 2.80. The molecular weight excluding hydrogens is 283 g/mol. The standard InChI is InChI=1S/C15H27BN2O4/c1-14(2)15(3,4)22-16(21-14)8-6-10-18-9-5-7-12(11-18)17-13(19)20/h6,8,12,17H,5,7,9-11H2,1-4H3,(H,19,20)/b8-6+. The highest BCUT2D eigenvalue weighted by molar-refractivity contribution is 6.51. The molecule has 2 aliphatic rings. The monoisotopic (exact) mass is 310 g/mol. The third-order valence-electron chi connectivity index (χ3n) is 4.76. The van der Waals surface area contributed by atoms with Crippen molar-refractivity contribution in [3.63, 3.8) is 0 Å². The molecule has 2 rings (SSSR count). The number of rotatable bonds is 4. The molecule has 1 atom stereocenters. The van der Waals surface area contributed by atoms with Gasteiger partial charge in [-0.2, -0.15) is 0 Å². The minimum Gasteiger partial charge on any atom is -0.465 e. The Bertz CT molecular complexity index is 423. The first kappa shape index (κ1) is 17.3. The first-order valence-electron chi connectivity index (χ1n) is 7.94. The Kier molecular flexibility index (Phi) is 5.19. The van der Waals surface area contributed by atoms with Gasteiger partial charge < -0.3 is 19.7 Å². The number of amides is 1. The van der Waals surface area contributed by atoms with E-state index in [0.29, 0.717) is 0 Å². The highest BCUT2D eigenvalue weighted by Crippen LogP contribution is 2.36. The van der Waals surface area contributed by atoms with E-state index in [1.54, 1.807) is 0 Å². The molecule has 2 aliphatic heterocycles. The predicted octanol–water partition coefficient (Wildman–Crippen LogP) is 1.91. The second-order valence-corrected chi connectivity index (χ2v) is 7.10. The Balaban J connectivity index is 1.79. The maximum absolute atomic E-state index is 10.7. The molecule has 7 heteroatoms. The van der Waals surface area contributed by atoms with E-state index in [0.717, 1.165) is 32.5 Å². The summed E-state index contributed by atoms with van der Waals surface area (Å²) in [4.78, 5) is 12.9. The smallest absolute Gasteiger partial charge is 0.465 e. The van der Waals surface area contributed by atoms with Gasteiger partial charge in [-0.1, -0.05) is 12.1 Å². The van der Waals surface area contributed by atoms with Crippen LogP contribution in [0, 0.1) is 0 Å². The quantitative estimate of drug-likeness (QED) is 0.776. The van der Waals surface area contributed by atoms with E-state index in [1.165, 1.54) is 0 Å². The van der Waals surface area contributed by atoms with Gasteiger partial charge in [0.15, 0.2) is 0 Å².